The van der Waals surface area contributed by atoms with E-state index in [9.17, 15) is 0 Å². The molecule has 1 fully saturated rings. The molecule has 0 bridgehead atoms. The molecule has 2 atom stereocenters. The highest BCUT2D eigenvalue weighted by Crippen LogP contribution is 2.37. The Bertz CT molecular complexity index is 1090. The van der Waals surface area contributed by atoms with Crippen LogP contribution in [0.3, 0.4) is 0 Å². The van der Waals surface area contributed by atoms with Crippen LogP contribution in [-0.4, -0.2) is 72.4 Å². The molecular formula is C29H45N5O3S. The summed E-state index contributed by atoms with van der Waals surface area (Å²) in [6, 6.07) is 7.91. The van der Waals surface area contributed by atoms with Gasteiger partial charge in [0.1, 0.15) is 24.2 Å². The molecule has 1 aromatic heterocycles. The van der Waals surface area contributed by atoms with Crippen molar-refractivity contribution in [2.75, 3.05) is 45.8 Å². The number of aryl methyl sites for hydroxylation is 1. The molecule has 1 N–H and O–H groups in total. The number of ether oxygens (including phenoxy) is 3. The zero-order chi connectivity index (χ0) is 26.8. The highest BCUT2D eigenvalue weighted by Gasteiger charge is 2.28. The summed E-state index contributed by atoms with van der Waals surface area (Å²) in [7, 11) is 0. The fraction of sp³-hybridized carbons (Fsp3) is 0.552. The Kier molecular flexibility index (Phi) is 13.2. The molecule has 8 nitrogen and oxygen atoms in total. The summed E-state index contributed by atoms with van der Waals surface area (Å²) in [6.45, 7) is 18.5. The largest absolute Gasteiger partial charge is 0.491 e. The van der Waals surface area contributed by atoms with Crippen LogP contribution in [0.2, 0.25) is 0 Å². The molecule has 0 saturated carbocycles. The first-order valence-electron chi connectivity index (χ1n) is 13.1. The van der Waals surface area contributed by atoms with Crippen LogP contribution in [0.25, 0.3) is 5.03 Å². The quantitative estimate of drug-likeness (QED) is 0.364. The fourth-order valence-electron chi connectivity index (χ4n) is 4.30. The van der Waals surface area contributed by atoms with Gasteiger partial charge in [0.05, 0.1) is 36.7 Å². The summed E-state index contributed by atoms with van der Waals surface area (Å²) in [6.07, 6.45) is 3.46. The first-order valence-corrected chi connectivity index (χ1v) is 14.3. The lowest BCUT2D eigenvalue weighted by atomic mass is 9.98. The minimum atomic E-state index is -0.132. The number of hydrogen-bond acceptors (Lipinski definition) is 8. The number of nitrogens with zero attached hydrogens (tertiary/aromatic N) is 4. The Morgan fingerprint density at radius 2 is 1.84 bits per heavy atom. The topological polar surface area (TPSA) is 82.8 Å². The third-order valence-corrected chi connectivity index (χ3v) is 6.81. The van der Waals surface area contributed by atoms with Crippen molar-refractivity contribution in [2.45, 2.75) is 60.6 Å². The van der Waals surface area contributed by atoms with Gasteiger partial charge in [0.2, 0.25) is 0 Å². The van der Waals surface area contributed by atoms with E-state index in [0.717, 1.165) is 64.4 Å². The number of thioether (sulfide) groups is 1. The van der Waals surface area contributed by atoms with Gasteiger partial charge in [-0.3, -0.25) is 9.56 Å². The summed E-state index contributed by atoms with van der Waals surface area (Å²) in [5.74, 6) is 2.48. The van der Waals surface area contributed by atoms with Crippen molar-refractivity contribution in [2.24, 2.45) is 4.99 Å². The Balaban J connectivity index is 0.00000165. The predicted molar refractivity (Wildman–Crippen MR) is 159 cm³/mol. The molecule has 210 valence electrons. The third kappa shape index (κ3) is 7.79. The number of benzene rings is 1. The van der Waals surface area contributed by atoms with Crippen molar-refractivity contribution in [1.29, 1.82) is 0 Å². The molecule has 2 aliphatic rings. The normalized spacial score (nSPS) is 18.5. The molecule has 4 rings (SSSR count). The van der Waals surface area contributed by atoms with E-state index in [-0.39, 0.29) is 13.5 Å². The van der Waals surface area contributed by atoms with E-state index in [2.05, 4.69) is 32.9 Å². The first-order chi connectivity index (χ1) is 18.0. The molecule has 1 saturated heterocycles. The minimum absolute atomic E-state index is 0. The number of fused-ring (bicyclic) bond motifs is 1. The fourth-order valence-corrected chi connectivity index (χ4v) is 5.18. The number of hydrogen-bond donors (Lipinski definition) is 1. The molecule has 2 aromatic rings. The Labute approximate surface area is 233 Å². The van der Waals surface area contributed by atoms with Crippen LogP contribution in [0.5, 0.6) is 5.75 Å². The summed E-state index contributed by atoms with van der Waals surface area (Å²) in [5, 5.41) is 13.0. The molecule has 0 amide bonds. The average molecular weight is 544 g/mol. The van der Waals surface area contributed by atoms with Crippen LogP contribution >= 0.6 is 11.8 Å². The molecule has 2 aliphatic heterocycles. The van der Waals surface area contributed by atoms with Crippen LogP contribution < -0.4 is 10.1 Å². The smallest absolute Gasteiger partial charge is 0.162 e. The lowest BCUT2D eigenvalue weighted by molar-refractivity contribution is 0.00675. The second-order valence-corrected chi connectivity index (χ2v) is 9.52. The molecule has 3 heterocycles. The molecule has 1 aromatic carbocycles. The molecule has 9 heteroatoms. The van der Waals surface area contributed by atoms with E-state index in [1.165, 1.54) is 0 Å². The van der Waals surface area contributed by atoms with E-state index < -0.39 is 0 Å². The second-order valence-electron chi connectivity index (χ2n) is 8.73. The monoisotopic (exact) mass is 543 g/mol. The molecule has 0 radical (unpaired) electrons. The highest BCUT2D eigenvalue weighted by atomic mass is 32.2. The number of aromatic nitrogens is 3. The zero-order valence-electron chi connectivity index (χ0n) is 23.0. The summed E-state index contributed by atoms with van der Waals surface area (Å²) < 4.78 is 19.4. The van der Waals surface area contributed by atoms with Crippen molar-refractivity contribution in [3.8, 4) is 5.75 Å². The predicted octanol–water partition coefficient (Wildman–Crippen LogP) is 5.69. The molecule has 0 aliphatic carbocycles. The maximum Gasteiger partial charge on any atom is 0.162 e. The van der Waals surface area contributed by atoms with Crippen molar-refractivity contribution in [3.05, 3.63) is 59.2 Å². The van der Waals surface area contributed by atoms with E-state index in [4.69, 9.17) is 19.2 Å². The summed E-state index contributed by atoms with van der Waals surface area (Å²) in [4.78, 5) is 5.05. The zero-order valence-corrected chi connectivity index (χ0v) is 23.9. The minimum Gasteiger partial charge on any atom is -0.491 e. The lowest BCUT2D eigenvalue weighted by Crippen LogP contribution is -2.19. The highest BCUT2D eigenvalue weighted by molar-refractivity contribution is 8.07. The van der Waals surface area contributed by atoms with E-state index in [0.29, 0.717) is 32.5 Å². The SMILES string of the molecule is C.C=C(C)C1=C(SC)n2c(C)nnc2C(C)N=C1c1ccc(OCCOCCOC2CCNC2)cc1.CC. The average Bonchev–Trinajstić information content (AvgIpc) is 3.54. The van der Waals surface area contributed by atoms with E-state index >= 15 is 0 Å². The van der Waals surface area contributed by atoms with E-state index in [1.54, 1.807) is 11.8 Å². The molecule has 2 unspecified atom stereocenters. The van der Waals surface area contributed by atoms with Crippen molar-refractivity contribution >= 4 is 22.5 Å². The maximum atomic E-state index is 5.87. The Morgan fingerprint density at radius 3 is 2.47 bits per heavy atom. The van der Waals surface area contributed by atoms with Gasteiger partial charge in [0.15, 0.2) is 5.82 Å². The number of allylic oxidation sites excluding steroid dienone is 2. The van der Waals surface area contributed by atoms with Crippen molar-refractivity contribution < 1.29 is 14.2 Å². The van der Waals surface area contributed by atoms with Crippen LogP contribution in [0.4, 0.5) is 0 Å². The van der Waals surface area contributed by atoms with Gasteiger partial charge in [-0.25, -0.2) is 0 Å². The van der Waals surface area contributed by atoms with Crippen molar-refractivity contribution in [1.82, 2.24) is 20.1 Å². The standard InChI is InChI=1S/C26H35N5O3S.C2H6.CH4/c1-17(2)23-24(28-18(3)25-30-29-19(4)31(25)26(23)35-5)20-6-8-21(9-7-20)33-14-12-32-13-15-34-22-10-11-27-16-22;1-2;/h6-9,18,22,27H,1,10-16H2,2-5H3;1-2H3;1H4. The Hall–Kier alpha value is -2.46. The van der Waals surface area contributed by atoms with Crippen molar-refractivity contribution in [3.63, 3.8) is 0 Å². The first kappa shape index (κ1) is 31.8. The van der Waals surface area contributed by atoms with Gasteiger partial charge >= 0.3 is 0 Å². The number of aliphatic imine (C=N–C) groups is 1. The van der Waals surface area contributed by atoms with Gasteiger partial charge in [-0.05, 0) is 69.8 Å². The molecule has 0 spiro atoms. The van der Waals surface area contributed by atoms with Crippen LogP contribution in [0.1, 0.15) is 64.8 Å². The van der Waals surface area contributed by atoms with Gasteiger partial charge in [-0.1, -0.05) is 27.9 Å². The van der Waals surface area contributed by atoms with E-state index in [1.807, 2.05) is 58.9 Å². The number of rotatable bonds is 11. The summed E-state index contributed by atoms with van der Waals surface area (Å²) in [5.41, 5.74) is 3.89. The van der Waals surface area contributed by atoms with Crippen LogP contribution in [0.15, 0.2) is 47.0 Å². The third-order valence-electron chi connectivity index (χ3n) is 6.04. The maximum absolute atomic E-state index is 5.87. The molecule has 38 heavy (non-hydrogen) atoms. The van der Waals surface area contributed by atoms with Gasteiger partial charge in [0, 0.05) is 17.7 Å². The lowest BCUT2D eigenvalue weighted by Gasteiger charge is -2.16. The molecular weight excluding hydrogens is 498 g/mol. The second kappa shape index (κ2) is 15.8. The van der Waals surface area contributed by atoms with Gasteiger partial charge in [0.25, 0.3) is 0 Å². The summed E-state index contributed by atoms with van der Waals surface area (Å²) >= 11 is 1.66. The van der Waals surface area contributed by atoms with Gasteiger partial charge in [-0.2, -0.15) is 0 Å². The van der Waals surface area contributed by atoms with Gasteiger partial charge in [-0.15, -0.1) is 22.0 Å². The van der Waals surface area contributed by atoms with Crippen LogP contribution in [0, 0.1) is 6.92 Å². The number of nitrogens with one attached hydrogen (secondary N) is 1. The Morgan fingerprint density at radius 1 is 1.13 bits per heavy atom. The van der Waals surface area contributed by atoms with Crippen LogP contribution in [-0.2, 0) is 9.47 Å². The van der Waals surface area contributed by atoms with Gasteiger partial charge < -0.3 is 19.5 Å².